The highest BCUT2D eigenvalue weighted by Crippen LogP contribution is 2.16. The van der Waals surface area contributed by atoms with Crippen molar-refractivity contribution in [1.29, 1.82) is 5.26 Å². The fraction of sp³-hybridized carbons (Fsp3) is 0.0556. The summed E-state index contributed by atoms with van der Waals surface area (Å²) in [5, 5.41) is 23.6. The van der Waals surface area contributed by atoms with Gasteiger partial charge >= 0.3 is 0 Å². The molecule has 0 bridgehead atoms. The largest absolute Gasteiger partial charge is 0.508 e. The first-order valence-electron chi connectivity index (χ1n) is 7.08. The first kappa shape index (κ1) is 16.8. The molecule has 3 N–H and O–H groups in total. The van der Waals surface area contributed by atoms with E-state index in [1.165, 1.54) is 25.1 Å². The van der Waals surface area contributed by atoms with Gasteiger partial charge in [-0.3, -0.25) is 9.59 Å². The second-order valence-electron chi connectivity index (χ2n) is 4.97. The standard InChI is InChI=1S/C18H15N3O3/c1-12(22)20-15-4-6-16(7-5-15)21-18(24)14(11-19)10-13-2-8-17(23)9-3-13/h2-10,23H,1H3,(H,20,22)(H,21,24)/b14-10+. The summed E-state index contributed by atoms with van der Waals surface area (Å²) < 4.78 is 0. The van der Waals surface area contributed by atoms with E-state index in [2.05, 4.69) is 10.6 Å². The number of nitrogens with zero attached hydrogens (tertiary/aromatic N) is 1. The fourth-order valence-corrected chi connectivity index (χ4v) is 1.92. The van der Waals surface area contributed by atoms with E-state index in [0.29, 0.717) is 16.9 Å². The Morgan fingerprint density at radius 1 is 1.00 bits per heavy atom. The molecule has 0 heterocycles. The third kappa shape index (κ3) is 4.71. The molecule has 6 heteroatoms. The van der Waals surface area contributed by atoms with E-state index in [1.54, 1.807) is 36.4 Å². The van der Waals surface area contributed by atoms with E-state index >= 15 is 0 Å². The summed E-state index contributed by atoms with van der Waals surface area (Å²) in [6.45, 7) is 1.41. The molecule has 0 aliphatic heterocycles. The van der Waals surface area contributed by atoms with Gasteiger partial charge in [-0.2, -0.15) is 5.26 Å². The van der Waals surface area contributed by atoms with E-state index in [4.69, 9.17) is 5.26 Å². The van der Waals surface area contributed by atoms with Gasteiger partial charge in [0.25, 0.3) is 5.91 Å². The van der Waals surface area contributed by atoms with Crippen LogP contribution in [0.1, 0.15) is 12.5 Å². The average molecular weight is 321 g/mol. The van der Waals surface area contributed by atoms with Crippen molar-refractivity contribution in [3.63, 3.8) is 0 Å². The van der Waals surface area contributed by atoms with Crippen LogP contribution >= 0.6 is 0 Å². The third-order valence-electron chi connectivity index (χ3n) is 3.03. The molecule has 0 atom stereocenters. The maximum Gasteiger partial charge on any atom is 0.266 e. The van der Waals surface area contributed by atoms with E-state index in [9.17, 15) is 14.7 Å². The van der Waals surface area contributed by atoms with Crippen molar-refractivity contribution in [1.82, 2.24) is 0 Å². The van der Waals surface area contributed by atoms with Gasteiger partial charge in [0.1, 0.15) is 17.4 Å². The summed E-state index contributed by atoms with van der Waals surface area (Å²) in [7, 11) is 0. The number of nitriles is 1. The van der Waals surface area contributed by atoms with Crippen LogP contribution in [-0.4, -0.2) is 16.9 Å². The summed E-state index contributed by atoms with van der Waals surface area (Å²) >= 11 is 0. The number of carbonyl (C=O) groups is 2. The lowest BCUT2D eigenvalue weighted by Crippen LogP contribution is -2.13. The lowest BCUT2D eigenvalue weighted by atomic mass is 10.1. The molecule has 6 nitrogen and oxygen atoms in total. The fourth-order valence-electron chi connectivity index (χ4n) is 1.92. The van der Waals surface area contributed by atoms with Crippen LogP contribution in [0.5, 0.6) is 5.75 Å². The highest BCUT2D eigenvalue weighted by atomic mass is 16.3. The molecule has 2 aromatic rings. The Balaban J connectivity index is 2.10. The molecule has 2 rings (SSSR count). The van der Waals surface area contributed by atoms with Crippen molar-refractivity contribution >= 4 is 29.3 Å². The minimum absolute atomic E-state index is 0.0633. The normalized spacial score (nSPS) is 10.6. The van der Waals surface area contributed by atoms with Gasteiger partial charge in [0, 0.05) is 18.3 Å². The minimum atomic E-state index is -0.544. The molecule has 2 aromatic carbocycles. The minimum Gasteiger partial charge on any atom is -0.508 e. The number of hydrogen-bond donors (Lipinski definition) is 3. The van der Waals surface area contributed by atoms with E-state index in [1.807, 2.05) is 6.07 Å². The molecule has 0 fully saturated rings. The molecule has 0 aromatic heterocycles. The first-order valence-corrected chi connectivity index (χ1v) is 7.08. The quantitative estimate of drug-likeness (QED) is 0.595. The van der Waals surface area contributed by atoms with Gasteiger partial charge in [-0.05, 0) is 48.0 Å². The number of amides is 2. The van der Waals surface area contributed by atoms with Crippen molar-refractivity contribution < 1.29 is 14.7 Å². The van der Waals surface area contributed by atoms with Gasteiger partial charge < -0.3 is 15.7 Å². The third-order valence-corrected chi connectivity index (χ3v) is 3.03. The van der Waals surface area contributed by atoms with Crippen molar-refractivity contribution in [2.75, 3.05) is 10.6 Å². The van der Waals surface area contributed by atoms with Crippen LogP contribution in [-0.2, 0) is 9.59 Å². The zero-order chi connectivity index (χ0) is 17.5. The molecular weight excluding hydrogens is 306 g/mol. The monoisotopic (exact) mass is 321 g/mol. The Labute approximate surface area is 139 Å². The average Bonchev–Trinajstić information content (AvgIpc) is 2.55. The van der Waals surface area contributed by atoms with Gasteiger partial charge in [-0.25, -0.2) is 0 Å². The lowest BCUT2D eigenvalue weighted by Gasteiger charge is -2.06. The van der Waals surface area contributed by atoms with Crippen molar-refractivity contribution in [3.8, 4) is 11.8 Å². The van der Waals surface area contributed by atoms with Gasteiger partial charge in [0.05, 0.1) is 0 Å². The van der Waals surface area contributed by atoms with Crippen LogP contribution < -0.4 is 10.6 Å². The molecular formula is C18H15N3O3. The second kappa shape index (κ2) is 7.61. The van der Waals surface area contributed by atoms with Gasteiger partial charge in [0.15, 0.2) is 0 Å². The van der Waals surface area contributed by atoms with Gasteiger partial charge in [-0.1, -0.05) is 12.1 Å². The van der Waals surface area contributed by atoms with Crippen LogP contribution in [0, 0.1) is 11.3 Å². The molecule has 0 aliphatic rings. The van der Waals surface area contributed by atoms with Crippen molar-refractivity contribution in [2.24, 2.45) is 0 Å². The molecule has 120 valence electrons. The Bertz CT molecular complexity index is 816. The van der Waals surface area contributed by atoms with Crippen molar-refractivity contribution in [3.05, 3.63) is 59.7 Å². The molecule has 0 saturated heterocycles. The zero-order valence-corrected chi connectivity index (χ0v) is 12.9. The molecule has 0 aliphatic carbocycles. The van der Waals surface area contributed by atoms with Crippen LogP contribution in [0.3, 0.4) is 0 Å². The highest BCUT2D eigenvalue weighted by molar-refractivity contribution is 6.09. The molecule has 2 amide bonds. The number of aromatic hydroxyl groups is 1. The van der Waals surface area contributed by atoms with Crippen molar-refractivity contribution in [2.45, 2.75) is 6.92 Å². The summed E-state index contributed by atoms with van der Waals surface area (Å²) in [6, 6.07) is 14.5. The number of phenols is 1. The Kier molecular flexibility index (Phi) is 5.32. The number of phenolic OH excluding ortho intramolecular Hbond substituents is 1. The Morgan fingerprint density at radius 3 is 2.04 bits per heavy atom. The van der Waals surface area contributed by atoms with Gasteiger partial charge in [-0.15, -0.1) is 0 Å². The first-order chi connectivity index (χ1) is 11.5. The molecule has 0 spiro atoms. The second-order valence-corrected chi connectivity index (χ2v) is 4.97. The maximum absolute atomic E-state index is 12.2. The number of anilines is 2. The van der Waals surface area contributed by atoms with Gasteiger partial charge in [0.2, 0.25) is 5.91 Å². The van der Waals surface area contributed by atoms with Crippen LogP contribution in [0.2, 0.25) is 0 Å². The Hall–Kier alpha value is -3.59. The SMILES string of the molecule is CC(=O)Nc1ccc(NC(=O)/C(C#N)=C/c2ccc(O)cc2)cc1. The van der Waals surface area contributed by atoms with E-state index in [0.717, 1.165) is 0 Å². The van der Waals surface area contributed by atoms with Crippen LogP contribution in [0.15, 0.2) is 54.1 Å². The Morgan fingerprint density at radius 2 is 1.54 bits per heavy atom. The van der Waals surface area contributed by atoms with E-state index in [-0.39, 0.29) is 17.2 Å². The maximum atomic E-state index is 12.2. The van der Waals surface area contributed by atoms with E-state index < -0.39 is 5.91 Å². The molecule has 0 radical (unpaired) electrons. The van der Waals surface area contributed by atoms with Crippen LogP contribution in [0.25, 0.3) is 6.08 Å². The number of hydrogen-bond acceptors (Lipinski definition) is 4. The number of carbonyl (C=O) groups excluding carboxylic acids is 2. The predicted octanol–water partition coefficient (Wildman–Crippen LogP) is 2.90. The lowest BCUT2D eigenvalue weighted by molar-refractivity contribution is -0.114. The predicted molar refractivity (Wildman–Crippen MR) is 91.1 cm³/mol. The number of nitrogens with one attached hydrogen (secondary N) is 2. The molecule has 0 saturated carbocycles. The summed E-state index contributed by atoms with van der Waals surface area (Å²) in [5.41, 5.74) is 1.67. The zero-order valence-electron chi connectivity index (χ0n) is 12.9. The number of rotatable bonds is 4. The smallest absolute Gasteiger partial charge is 0.266 e. The number of benzene rings is 2. The summed E-state index contributed by atoms with van der Waals surface area (Å²) in [6.07, 6.45) is 1.43. The molecule has 0 unspecified atom stereocenters. The molecule has 24 heavy (non-hydrogen) atoms. The summed E-state index contributed by atoms with van der Waals surface area (Å²) in [4.78, 5) is 23.1. The topological polar surface area (TPSA) is 102 Å². The van der Waals surface area contributed by atoms with Crippen LogP contribution in [0.4, 0.5) is 11.4 Å². The summed E-state index contributed by atoms with van der Waals surface area (Å²) in [5.74, 6) is -0.623. The highest BCUT2D eigenvalue weighted by Gasteiger charge is 2.09.